The summed E-state index contributed by atoms with van der Waals surface area (Å²) in [5.74, 6) is 1.65. The maximum absolute atomic E-state index is 14.9. The standard InChI is InChI=1S/C12H12FN5O4/c1-2-12(13)7(20)5(3-19)22-10(12)18-4-15-6-8(18)16-11(14)17-9(6)21/h1,4-5,7,10,19-20H,3H2,(H3,14,16,17,21)/t5-,7?,10-,12?/m1/s1. The molecule has 22 heavy (non-hydrogen) atoms. The Kier molecular flexibility index (Phi) is 3.13. The van der Waals surface area contributed by atoms with E-state index in [1.54, 1.807) is 0 Å². The molecule has 0 bridgehead atoms. The summed E-state index contributed by atoms with van der Waals surface area (Å²) in [6.07, 6.45) is 1.81. The zero-order valence-corrected chi connectivity index (χ0v) is 11.1. The summed E-state index contributed by atoms with van der Waals surface area (Å²) in [5, 5.41) is 19.1. The van der Waals surface area contributed by atoms with Gasteiger partial charge in [0.1, 0.15) is 12.2 Å². The number of aliphatic hydroxyl groups excluding tert-OH is 2. The summed E-state index contributed by atoms with van der Waals surface area (Å²) in [4.78, 5) is 21.7. The lowest BCUT2D eigenvalue weighted by Gasteiger charge is -2.23. The van der Waals surface area contributed by atoms with Gasteiger partial charge in [0, 0.05) is 0 Å². The quantitative estimate of drug-likeness (QED) is 0.484. The molecule has 0 spiro atoms. The molecule has 2 aromatic heterocycles. The third-order valence-electron chi connectivity index (χ3n) is 3.55. The van der Waals surface area contributed by atoms with Crippen molar-refractivity contribution in [3.8, 4) is 12.3 Å². The Balaban J connectivity index is 2.19. The molecule has 0 aromatic carbocycles. The summed E-state index contributed by atoms with van der Waals surface area (Å²) in [6, 6.07) is 0. The maximum atomic E-state index is 14.9. The fraction of sp³-hybridized carbons (Fsp3) is 0.417. The number of nitrogens with two attached hydrogens (primary N) is 1. The molecule has 0 radical (unpaired) electrons. The van der Waals surface area contributed by atoms with Crippen LogP contribution in [0.2, 0.25) is 0 Å². The van der Waals surface area contributed by atoms with Gasteiger partial charge in [-0.1, -0.05) is 5.92 Å². The molecule has 5 N–H and O–H groups in total. The molecular weight excluding hydrogens is 297 g/mol. The molecule has 3 rings (SSSR count). The monoisotopic (exact) mass is 309 g/mol. The first kappa shape index (κ1) is 14.5. The first-order valence-electron chi connectivity index (χ1n) is 6.25. The second kappa shape index (κ2) is 4.77. The predicted molar refractivity (Wildman–Crippen MR) is 72.2 cm³/mol. The van der Waals surface area contributed by atoms with Crippen molar-refractivity contribution >= 4 is 17.1 Å². The molecule has 4 atom stereocenters. The molecule has 1 fully saturated rings. The highest BCUT2D eigenvalue weighted by Crippen LogP contribution is 2.41. The van der Waals surface area contributed by atoms with E-state index in [4.69, 9.17) is 22.0 Å². The average molecular weight is 309 g/mol. The highest BCUT2D eigenvalue weighted by molar-refractivity contribution is 5.70. The molecule has 2 aromatic rings. The van der Waals surface area contributed by atoms with Crippen LogP contribution < -0.4 is 11.3 Å². The number of hydrogen-bond acceptors (Lipinski definition) is 7. The van der Waals surface area contributed by atoms with Crippen LogP contribution in [-0.2, 0) is 4.74 Å². The van der Waals surface area contributed by atoms with Crippen molar-refractivity contribution in [2.45, 2.75) is 24.1 Å². The molecule has 10 heteroatoms. The number of aromatic amines is 1. The Bertz CT molecular complexity index is 827. The Morgan fingerprint density at radius 3 is 3.05 bits per heavy atom. The van der Waals surface area contributed by atoms with Gasteiger partial charge in [0.15, 0.2) is 17.4 Å². The predicted octanol–water partition coefficient (Wildman–Crippen LogP) is -1.71. The van der Waals surface area contributed by atoms with E-state index >= 15 is 0 Å². The fourth-order valence-corrected chi connectivity index (χ4v) is 2.44. The Labute approximate surface area is 122 Å². The van der Waals surface area contributed by atoms with Crippen molar-refractivity contribution in [3.63, 3.8) is 0 Å². The van der Waals surface area contributed by atoms with Crippen LogP contribution in [0.15, 0.2) is 11.1 Å². The van der Waals surface area contributed by atoms with Crippen LogP contribution >= 0.6 is 0 Å². The van der Waals surface area contributed by atoms with Gasteiger partial charge in [-0.25, -0.2) is 9.37 Å². The minimum atomic E-state index is -2.62. The fourth-order valence-electron chi connectivity index (χ4n) is 2.44. The topological polar surface area (TPSA) is 139 Å². The molecular formula is C12H12FN5O4. The molecule has 0 amide bonds. The van der Waals surface area contributed by atoms with Gasteiger partial charge >= 0.3 is 0 Å². The number of halogens is 1. The van der Waals surface area contributed by atoms with E-state index in [2.05, 4.69) is 15.0 Å². The smallest absolute Gasteiger partial charge is 0.280 e. The summed E-state index contributed by atoms with van der Waals surface area (Å²) in [5.41, 5.74) is 2.10. The zero-order valence-electron chi connectivity index (χ0n) is 11.1. The van der Waals surface area contributed by atoms with Crippen molar-refractivity contribution in [2.24, 2.45) is 0 Å². The van der Waals surface area contributed by atoms with E-state index in [1.165, 1.54) is 0 Å². The highest BCUT2D eigenvalue weighted by atomic mass is 19.1. The minimum absolute atomic E-state index is 0.0469. The number of H-pyrrole nitrogens is 1. The van der Waals surface area contributed by atoms with E-state index in [0.717, 1.165) is 10.9 Å². The van der Waals surface area contributed by atoms with Crippen molar-refractivity contribution < 1.29 is 19.3 Å². The number of hydrogen-bond donors (Lipinski definition) is 4. The van der Waals surface area contributed by atoms with Gasteiger partial charge in [-0.3, -0.25) is 14.3 Å². The summed E-state index contributed by atoms with van der Waals surface area (Å²) in [7, 11) is 0. The number of nitrogens with one attached hydrogen (secondary N) is 1. The largest absolute Gasteiger partial charge is 0.394 e. The van der Waals surface area contributed by atoms with Crippen LogP contribution in [0, 0.1) is 12.3 Å². The number of rotatable bonds is 2. The summed E-state index contributed by atoms with van der Waals surface area (Å²) < 4.78 is 21.3. The lowest BCUT2D eigenvalue weighted by molar-refractivity contribution is -0.0504. The number of fused-ring (bicyclic) bond motifs is 1. The number of anilines is 1. The lowest BCUT2D eigenvalue weighted by atomic mass is 9.97. The Morgan fingerprint density at radius 1 is 1.68 bits per heavy atom. The number of terminal acetylenes is 1. The second-order valence-corrected chi connectivity index (χ2v) is 4.84. The number of alkyl halides is 1. The van der Waals surface area contributed by atoms with E-state index < -0.39 is 36.3 Å². The van der Waals surface area contributed by atoms with Crippen molar-refractivity contribution in [3.05, 3.63) is 16.7 Å². The van der Waals surface area contributed by atoms with Gasteiger partial charge in [0.2, 0.25) is 11.6 Å². The van der Waals surface area contributed by atoms with E-state index in [-0.39, 0.29) is 17.1 Å². The normalized spacial score (nSPS) is 31.5. The van der Waals surface area contributed by atoms with Crippen LogP contribution in [0.25, 0.3) is 11.2 Å². The van der Waals surface area contributed by atoms with Gasteiger partial charge in [-0.15, -0.1) is 6.42 Å². The van der Waals surface area contributed by atoms with Crippen molar-refractivity contribution in [2.75, 3.05) is 12.3 Å². The van der Waals surface area contributed by atoms with Gasteiger partial charge in [0.25, 0.3) is 5.56 Å². The molecule has 1 saturated heterocycles. The van der Waals surface area contributed by atoms with Crippen molar-refractivity contribution in [1.29, 1.82) is 0 Å². The molecule has 0 aliphatic carbocycles. The zero-order chi connectivity index (χ0) is 16.1. The minimum Gasteiger partial charge on any atom is -0.394 e. The van der Waals surface area contributed by atoms with Crippen LogP contribution in [-0.4, -0.2) is 54.2 Å². The Morgan fingerprint density at radius 2 is 2.41 bits per heavy atom. The van der Waals surface area contributed by atoms with Crippen molar-refractivity contribution in [1.82, 2.24) is 19.5 Å². The lowest BCUT2D eigenvalue weighted by Crippen LogP contribution is -2.42. The number of aliphatic hydroxyl groups is 2. The van der Waals surface area contributed by atoms with E-state index in [1.807, 2.05) is 5.92 Å². The molecule has 1 aliphatic rings. The Hall–Kier alpha value is -2.48. The van der Waals surface area contributed by atoms with E-state index in [0.29, 0.717) is 0 Å². The highest BCUT2D eigenvalue weighted by Gasteiger charge is 2.57. The molecule has 2 unspecified atom stereocenters. The first-order chi connectivity index (χ1) is 10.4. The molecule has 1 aliphatic heterocycles. The van der Waals surface area contributed by atoms with Crippen LogP contribution in [0.3, 0.4) is 0 Å². The SMILES string of the molecule is C#CC1(F)C(O)[C@@H](CO)O[C@H]1n1cnc2c(=O)[nH]c(N)nc21. The molecule has 0 saturated carbocycles. The number of imidazole rings is 1. The van der Waals surface area contributed by atoms with Gasteiger partial charge in [0.05, 0.1) is 12.9 Å². The molecule has 3 heterocycles. The van der Waals surface area contributed by atoms with Crippen LogP contribution in [0.1, 0.15) is 6.23 Å². The first-order valence-corrected chi connectivity index (χ1v) is 6.25. The third-order valence-corrected chi connectivity index (χ3v) is 3.55. The van der Waals surface area contributed by atoms with Gasteiger partial charge in [-0.2, -0.15) is 4.98 Å². The van der Waals surface area contributed by atoms with Crippen LogP contribution in [0.4, 0.5) is 10.3 Å². The van der Waals surface area contributed by atoms with E-state index in [9.17, 15) is 14.3 Å². The summed E-state index contributed by atoms with van der Waals surface area (Å²) >= 11 is 0. The summed E-state index contributed by atoms with van der Waals surface area (Å²) in [6.45, 7) is -0.631. The average Bonchev–Trinajstić information content (AvgIpc) is 3.00. The van der Waals surface area contributed by atoms with Gasteiger partial charge in [-0.05, 0) is 0 Å². The number of ether oxygens (including phenoxy) is 1. The van der Waals surface area contributed by atoms with Gasteiger partial charge < -0.3 is 20.7 Å². The number of nitrogen functional groups attached to an aromatic ring is 1. The number of aromatic nitrogens is 4. The molecule has 9 nitrogen and oxygen atoms in total. The van der Waals surface area contributed by atoms with Crippen LogP contribution in [0.5, 0.6) is 0 Å². The third kappa shape index (κ3) is 1.80. The maximum Gasteiger partial charge on any atom is 0.280 e. The second-order valence-electron chi connectivity index (χ2n) is 4.84. The number of nitrogens with zero attached hydrogens (tertiary/aromatic N) is 3. The molecule has 116 valence electrons.